The molecule has 0 bridgehead atoms. The fourth-order valence-corrected chi connectivity index (χ4v) is 4.82. The largest absolute Gasteiger partial charge is 0.496 e. The highest BCUT2D eigenvalue weighted by molar-refractivity contribution is 6.50. The van der Waals surface area contributed by atoms with Crippen LogP contribution in [0.4, 0.5) is 22.9 Å². The van der Waals surface area contributed by atoms with E-state index in [1.165, 1.54) is 12.1 Å². The predicted molar refractivity (Wildman–Crippen MR) is 134 cm³/mol. The number of aromatic nitrogens is 2. The fraction of sp³-hybridized carbons (Fsp3) is 0.115. The van der Waals surface area contributed by atoms with Crippen LogP contribution in [0.5, 0.6) is 5.75 Å². The number of carbonyl (C=O) groups is 1. The van der Waals surface area contributed by atoms with E-state index in [9.17, 15) is 14.9 Å². The monoisotopic (exact) mass is 480 g/mol. The summed E-state index contributed by atoms with van der Waals surface area (Å²) in [6, 6.07) is 20.9. The van der Waals surface area contributed by atoms with Crippen LogP contribution in [-0.2, 0) is 4.79 Å². The zero-order valence-corrected chi connectivity index (χ0v) is 19.4. The van der Waals surface area contributed by atoms with Gasteiger partial charge in [-0.05, 0) is 37.3 Å². The number of para-hydroxylation sites is 3. The first-order valence-electron chi connectivity index (χ1n) is 11.2. The molecule has 2 aliphatic heterocycles. The Morgan fingerprint density at radius 1 is 1.03 bits per heavy atom. The molecule has 1 amide bonds. The summed E-state index contributed by atoms with van der Waals surface area (Å²) in [6.45, 7) is 1.89. The van der Waals surface area contributed by atoms with Crippen molar-refractivity contribution in [3.63, 3.8) is 0 Å². The van der Waals surface area contributed by atoms with Gasteiger partial charge in [0.15, 0.2) is 5.82 Å². The maximum absolute atomic E-state index is 13.3. The van der Waals surface area contributed by atoms with E-state index in [1.54, 1.807) is 23.9 Å². The molecule has 0 saturated heterocycles. The molecule has 0 unspecified atom stereocenters. The minimum Gasteiger partial charge on any atom is -0.496 e. The molecule has 3 aromatic carbocycles. The average Bonchev–Trinajstić information content (AvgIpc) is 3.23. The van der Waals surface area contributed by atoms with Gasteiger partial charge >= 0.3 is 0 Å². The number of ether oxygens (including phenoxy) is 1. The molecule has 10 nitrogen and oxygen atoms in total. The predicted octanol–water partition coefficient (Wildman–Crippen LogP) is 4.69. The first-order valence-corrected chi connectivity index (χ1v) is 11.2. The molecule has 0 saturated carbocycles. The number of hydrogen-bond donors (Lipinski definition) is 1. The van der Waals surface area contributed by atoms with Crippen LogP contribution in [0.15, 0.2) is 77.8 Å². The van der Waals surface area contributed by atoms with E-state index in [4.69, 9.17) is 14.8 Å². The van der Waals surface area contributed by atoms with E-state index in [2.05, 4.69) is 5.32 Å². The van der Waals surface area contributed by atoms with E-state index < -0.39 is 11.0 Å². The van der Waals surface area contributed by atoms with Crippen molar-refractivity contribution in [3.05, 3.63) is 99.7 Å². The lowest BCUT2D eigenvalue weighted by molar-refractivity contribution is -0.384. The zero-order valence-electron chi connectivity index (χ0n) is 19.4. The number of methoxy groups -OCH3 is 1. The maximum atomic E-state index is 13.3. The van der Waals surface area contributed by atoms with Gasteiger partial charge in [-0.3, -0.25) is 14.9 Å². The highest BCUT2D eigenvalue weighted by Gasteiger charge is 2.43. The van der Waals surface area contributed by atoms with E-state index >= 15 is 0 Å². The number of non-ortho nitro benzene ring substituents is 1. The number of aliphatic imine (C=N–C) groups is 1. The Morgan fingerprint density at radius 3 is 2.50 bits per heavy atom. The summed E-state index contributed by atoms with van der Waals surface area (Å²) >= 11 is 0. The molecule has 4 aromatic rings. The number of nitrogens with zero attached hydrogens (tertiary/aromatic N) is 5. The molecule has 3 heterocycles. The van der Waals surface area contributed by atoms with Crippen molar-refractivity contribution in [2.24, 2.45) is 4.99 Å². The van der Waals surface area contributed by atoms with Crippen LogP contribution in [0.2, 0.25) is 0 Å². The number of nitro benzene ring substituents is 1. The summed E-state index contributed by atoms with van der Waals surface area (Å²) in [5.41, 5.74) is 4.44. The molecular formula is C26H20N6O4. The van der Waals surface area contributed by atoms with Crippen LogP contribution in [-0.4, -0.2) is 33.6 Å². The molecule has 10 heteroatoms. The molecule has 1 aromatic heterocycles. The number of nitrogens with one attached hydrogen (secondary N) is 1. The van der Waals surface area contributed by atoms with Crippen LogP contribution in [0.1, 0.15) is 22.9 Å². The molecule has 36 heavy (non-hydrogen) atoms. The summed E-state index contributed by atoms with van der Waals surface area (Å²) in [7, 11) is 1.61. The highest BCUT2D eigenvalue weighted by Crippen LogP contribution is 2.49. The van der Waals surface area contributed by atoms with Gasteiger partial charge in [0.2, 0.25) is 5.84 Å². The van der Waals surface area contributed by atoms with Crippen molar-refractivity contribution >= 4 is 34.6 Å². The quantitative estimate of drug-likeness (QED) is 0.335. The van der Waals surface area contributed by atoms with Crippen molar-refractivity contribution in [3.8, 4) is 11.4 Å². The minimum absolute atomic E-state index is 0.0239. The van der Waals surface area contributed by atoms with E-state index in [-0.39, 0.29) is 17.4 Å². The van der Waals surface area contributed by atoms with Gasteiger partial charge < -0.3 is 15.0 Å². The van der Waals surface area contributed by atoms with E-state index in [0.717, 1.165) is 16.8 Å². The van der Waals surface area contributed by atoms with Crippen LogP contribution in [0.25, 0.3) is 5.69 Å². The Labute approximate surface area is 205 Å². The number of hydrogen-bond acceptors (Lipinski definition) is 7. The molecule has 1 atom stereocenters. The number of fused-ring (bicyclic) bond motifs is 4. The Balaban J connectivity index is 1.63. The van der Waals surface area contributed by atoms with E-state index in [1.807, 2.05) is 60.4 Å². The van der Waals surface area contributed by atoms with Gasteiger partial charge in [0.05, 0.1) is 40.8 Å². The SMILES string of the molecule is COc1ccccc1[C@H]1c2c(C)nn(-c3ccc([N+](=O)[O-])cc3)c2N=C2C(=O)Nc3ccccc3N21. The van der Waals surface area contributed by atoms with Gasteiger partial charge in [0.25, 0.3) is 11.6 Å². The van der Waals surface area contributed by atoms with Crippen LogP contribution >= 0.6 is 0 Å². The Hall–Kier alpha value is -4.99. The summed E-state index contributed by atoms with van der Waals surface area (Å²) < 4.78 is 7.34. The first-order chi connectivity index (χ1) is 17.5. The smallest absolute Gasteiger partial charge is 0.291 e. The van der Waals surface area contributed by atoms with Crippen LogP contribution in [0.3, 0.4) is 0 Å². The topological polar surface area (TPSA) is 115 Å². The Kier molecular flexibility index (Phi) is 4.82. The normalized spacial score (nSPS) is 15.8. The lowest BCUT2D eigenvalue weighted by Gasteiger charge is -2.40. The number of aryl methyl sites for hydroxylation is 1. The van der Waals surface area contributed by atoms with Crippen molar-refractivity contribution in [2.45, 2.75) is 13.0 Å². The third-order valence-corrected chi connectivity index (χ3v) is 6.41. The lowest BCUT2D eigenvalue weighted by Crippen LogP contribution is -2.48. The van der Waals surface area contributed by atoms with Gasteiger partial charge in [0, 0.05) is 23.3 Å². The number of carbonyl (C=O) groups excluding carboxylic acids is 1. The zero-order chi connectivity index (χ0) is 25.0. The second kappa shape index (κ2) is 8.05. The third kappa shape index (κ3) is 3.15. The second-order valence-electron chi connectivity index (χ2n) is 8.43. The number of nitro groups is 1. The standard InChI is InChI=1S/C26H20N6O4/c1-15-22-23(18-7-3-6-10-21(18)36-2)30-20-9-5-4-8-19(20)27-26(33)25(30)28-24(22)31(29-15)16-11-13-17(14-12-16)32(34)35/h3-14,23H,1-2H3,(H,27,33)/t23-/m0/s1. The molecule has 2 aliphatic rings. The molecule has 178 valence electrons. The van der Waals surface area contributed by atoms with Crippen LogP contribution < -0.4 is 15.0 Å². The first kappa shape index (κ1) is 21.5. The summed E-state index contributed by atoms with van der Waals surface area (Å²) in [5.74, 6) is 1.03. The van der Waals surface area contributed by atoms with E-state index in [0.29, 0.717) is 28.6 Å². The molecule has 0 spiro atoms. The molecule has 0 fully saturated rings. The number of benzene rings is 3. The Bertz CT molecular complexity index is 1570. The van der Waals surface area contributed by atoms with Crippen molar-refractivity contribution in [1.29, 1.82) is 0 Å². The molecule has 0 aliphatic carbocycles. The number of amides is 1. The molecule has 1 N–H and O–H groups in total. The average molecular weight is 480 g/mol. The molecule has 6 rings (SSSR count). The van der Waals surface area contributed by atoms with Gasteiger partial charge in [-0.2, -0.15) is 5.10 Å². The number of anilines is 2. The van der Waals surface area contributed by atoms with Gasteiger partial charge in [-0.1, -0.05) is 30.3 Å². The van der Waals surface area contributed by atoms with Crippen molar-refractivity contribution in [2.75, 3.05) is 17.3 Å². The van der Waals surface area contributed by atoms with Crippen molar-refractivity contribution in [1.82, 2.24) is 9.78 Å². The third-order valence-electron chi connectivity index (χ3n) is 6.41. The maximum Gasteiger partial charge on any atom is 0.291 e. The van der Waals surface area contributed by atoms with Crippen LogP contribution in [0, 0.1) is 17.0 Å². The van der Waals surface area contributed by atoms with Crippen molar-refractivity contribution < 1.29 is 14.5 Å². The number of amidine groups is 1. The highest BCUT2D eigenvalue weighted by atomic mass is 16.6. The molecule has 0 radical (unpaired) electrons. The minimum atomic E-state index is -0.456. The summed E-state index contributed by atoms with van der Waals surface area (Å²) in [5, 5.41) is 18.8. The number of rotatable bonds is 4. The van der Waals surface area contributed by atoms with Gasteiger partial charge in [0.1, 0.15) is 5.75 Å². The molecular weight excluding hydrogens is 460 g/mol. The second-order valence-corrected chi connectivity index (χ2v) is 8.43. The lowest BCUT2D eigenvalue weighted by atomic mass is 9.92. The Morgan fingerprint density at radius 2 is 1.75 bits per heavy atom. The fourth-order valence-electron chi connectivity index (χ4n) is 4.82. The van der Waals surface area contributed by atoms with Gasteiger partial charge in [-0.15, -0.1) is 0 Å². The van der Waals surface area contributed by atoms with Gasteiger partial charge in [-0.25, -0.2) is 9.67 Å². The summed E-state index contributed by atoms with van der Waals surface area (Å²) in [4.78, 5) is 30.7. The summed E-state index contributed by atoms with van der Waals surface area (Å²) in [6.07, 6.45) is 0.